The van der Waals surface area contributed by atoms with E-state index in [4.69, 9.17) is 0 Å². The minimum Gasteiger partial charge on any atom is -0.0622 e. The molecule has 1 rings (SSSR count). The Morgan fingerprint density at radius 1 is 1.38 bits per heavy atom. The van der Waals surface area contributed by atoms with Crippen molar-refractivity contribution in [3.05, 3.63) is 5.92 Å². The zero-order valence-electron chi connectivity index (χ0n) is 6.07. The maximum Gasteiger partial charge on any atom is -0.0216 e. The van der Waals surface area contributed by atoms with Crippen molar-refractivity contribution in [3.63, 3.8) is 0 Å². The average Bonchev–Trinajstić information content (AvgIpc) is 2.43. The normalized spacial score (nSPS) is 20.6. The van der Waals surface area contributed by atoms with Gasteiger partial charge in [-0.1, -0.05) is 20.8 Å². The van der Waals surface area contributed by atoms with E-state index in [1.807, 2.05) is 0 Å². The van der Waals surface area contributed by atoms with Crippen LogP contribution in [0.4, 0.5) is 0 Å². The van der Waals surface area contributed by atoms with Crippen LogP contribution in [0, 0.1) is 17.8 Å². The van der Waals surface area contributed by atoms with Gasteiger partial charge in [-0.3, -0.25) is 0 Å². The third-order valence-corrected chi connectivity index (χ3v) is 2.13. The van der Waals surface area contributed by atoms with Crippen LogP contribution in [0.1, 0.15) is 33.6 Å². The second-order valence-corrected chi connectivity index (χ2v) is 3.17. The van der Waals surface area contributed by atoms with E-state index in [0.29, 0.717) is 0 Å². The van der Waals surface area contributed by atoms with Gasteiger partial charge < -0.3 is 0 Å². The molecule has 0 amide bonds. The first-order valence-electron chi connectivity index (χ1n) is 3.55. The topological polar surface area (TPSA) is 0 Å². The summed E-state index contributed by atoms with van der Waals surface area (Å²) >= 11 is 0. The van der Waals surface area contributed by atoms with Gasteiger partial charge in [0.15, 0.2) is 0 Å². The summed E-state index contributed by atoms with van der Waals surface area (Å²) in [5.74, 6) is 3.54. The Labute approximate surface area is 52.3 Å². The molecule has 1 fully saturated rings. The summed E-state index contributed by atoms with van der Waals surface area (Å²) in [7, 11) is 0. The lowest BCUT2D eigenvalue weighted by Gasteiger charge is -2.11. The molecule has 0 nitrogen and oxygen atoms in total. The number of hydrogen-bond acceptors (Lipinski definition) is 0. The average molecular weight is 111 g/mol. The van der Waals surface area contributed by atoms with Crippen LogP contribution in [0.15, 0.2) is 0 Å². The van der Waals surface area contributed by atoms with Gasteiger partial charge in [0.2, 0.25) is 0 Å². The SMILES string of the molecule is C[C](C(C)C)C1CC1. The molecule has 0 saturated heterocycles. The van der Waals surface area contributed by atoms with Crippen molar-refractivity contribution >= 4 is 0 Å². The predicted molar refractivity (Wildman–Crippen MR) is 36.5 cm³/mol. The molecule has 0 aromatic rings. The van der Waals surface area contributed by atoms with Crippen molar-refractivity contribution in [2.45, 2.75) is 33.6 Å². The molecule has 0 heteroatoms. The van der Waals surface area contributed by atoms with Crippen molar-refractivity contribution < 1.29 is 0 Å². The smallest absolute Gasteiger partial charge is 0.0216 e. The van der Waals surface area contributed by atoms with Crippen molar-refractivity contribution in [3.8, 4) is 0 Å². The van der Waals surface area contributed by atoms with E-state index < -0.39 is 0 Å². The maximum atomic E-state index is 2.29. The number of rotatable bonds is 2. The summed E-state index contributed by atoms with van der Waals surface area (Å²) in [5.41, 5.74) is 0. The molecule has 0 aromatic heterocycles. The summed E-state index contributed by atoms with van der Waals surface area (Å²) in [6.45, 7) is 6.86. The Hall–Kier alpha value is 0. The molecule has 1 saturated carbocycles. The summed E-state index contributed by atoms with van der Waals surface area (Å²) in [6, 6.07) is 0. The molecule has 0 bridgehead atoms. The molecule has 47 valence electrons. The van der Waals surface area contributed by atoms with Gasteiger partial charge in [-0.25, -0.2) is 0 Å². The van der Waals surface area contributed by atoms with E-state index in [0.717, 1.165) is 11.8 Å². The minimum atomic E-state index is 0.822. The predicted octanol–water partition coefficient (Wildman–Crippen LogP) is 2.65. The molecule has 0 N–H and O–H groups in total. The summed E-state index contributed by atoms with van der Waals surface area (Å²) < 4.78 is 0. The van der Waals surface area contributed by atoms with Gasteiger partial charge >= 0.3 is 0 Å². The summed E-state index contributed by atoms with van der Waals surface area (Å²) in [5, 5.41) is 0. The van der Waals surface area contributed by atoms with Gasteiger partial charge in [-0.05, 0) is 30.6 Å². The van der Waals surface area contributed by atoms with Crippen molar-refractivity contribution in [1.82, 2.24) is 0 Å². The zero-order chi connectivity index (χ0) is 6.15. The van der Waals surface area contributed by atoms with E-state index in [2.05, 4.69) is 20.8 Å². The van der Waals surface area contributed by atoms with Gasteiger partial charge in [-0.2, -0.15) is 0 Å². The van der Waals surface area contributed by atoms with Crippen molar-refractivity contribution in [2.24, 2.45) is 11.8 Å². The third kappa shape index (κ3) is 1.24. The lowest BCUT2D eigenvalue weighted by molar-refractivity contribution is 0.594. The zero-order valence-corrected chi connectivity index (χ0v) is 6.07. The van der Waals surface area contributed by atoms with Crippen LogP contribution >= 0.6 is 0 Å². The lowest BCUT2D eigenvalue weighted by atomic mass is 9.93. The highest BCUT2D eigenvalue weighted by molar-refractivity contribution is 5.01. The largest absolute Gasteiger partial charge is 0.0622 e. The molecule has 8 heavy (non-hydrogen) atoms. The molecule has 1 radical (unpaired) electrons. The van der Waals surface area contributed by atoms with Crippen molar-refractivity contribution in [1.29, 1.82) is 0 Å². The molecular formula is C8H15. The fourth-order valence-corrected chi connectivity index (χ4v) is 1.01. The van der Waals surface area contributed by atoms with Gasteiger partial charge in [0.05, 0.1) is 0 Å². The van der Waals surface area contributed by atoms with Gasteiger partial charge in [0.25, 0.3) is 0 Å². The molecule has 0 aromatic carbocycles. The Morgan fingerprint density at radius 2 is 1.88 bits per heavy atom. The molecule has 1 aliphatic carbocycles. The van der Waals surface area contributed by atoms with Crippen LogP contribution in [0.25, 0.3) is 0 Å². The van der Waals surface area contributed by atoms with Crippen molar-refractivity contribution in [2.75, 3.05) is 0 Å². The van der Waals surface area contributed by atoms with E-state index in [1.54, 1.807) is 5.92 Å². The van der Waals surface area contributed by atoms with E-state index in [9.17, 15) is 0 Å². The highest BCUT2D eigenvalue weighted by Gasteiger charge is 2.29. The molecule has 0 spiro atoms. The Kier molecular flexibility index (Phi) is 1.59. The van der Waals surface area contributed by atoms with Crippen LogP contribution in [0.5, 0.6) is 0 Å². The molecular weight excluding hydrogens is 96.1 g/mol. The molecule has 1 aliphatic rings. The molecule has 0 aliphatic heterocycles. The standard InChI is InChI=1S/C8H15/c1-6(2)7(3)8-4-5-8/h6,8H,4-5H2,1-3H3. The molecule has 0 unspecified atom stereocenters. The second-order valence-electron chi connectivity index (χ2n) is 3.17. The van der Waals surface area contributed by atoms with E-state index >= 15 is 0 Å². The fourth-order valence-electron chi connectivity index (χ4n) is 1.01. The maximum absolute atomic E-state index is 2.29. The number of hydrogen-bond donors (Lipinski definition) is 0. The van der Waals surface area contributed by atoms with Crippen LogP contribution in [0.2, 0.25) is 0 Å². The first-order chi connectivity index (χ1) is 3.72. The van der Waals surface area contributed by atoms with Crippen LogP contribution in [0.3, 0.4) is 0 Å². The monoisotopic (exact) mass is 111 g/mol. The minimum absolute atomic E-state index is 0.822. The van der Waals surface area contributed by atoms with Gasteiger partial charge in [0, 0.05) is 0 Å². The first-order valence-corrected chi connectivity index (χ1v) is 3.55. The van der Waals surface area contributed by atoms with Crippen LogP contribution in [-0.4, -0.2) is 0 Å². The Balaban J connectivity index is 2.22. The molecule has 0 atom stereocenters. The third-order valence-electron chi connectivity index (χ3n) is 2.13. The van der Waals surface area contributed by atoms with Gasteiger partial charge in [-0.15, -0.1) is 0 Å². The summed E-state index contributed by atoms with van der Waals surface area (Å²) in [4.78, 5) is 0. The highest BCUT2D eigenvalue weighted by Crippen LogP contribution is 2.41. The first kappa shape index (κ1) is 6.12. The van der Waals surface area contributed by atoms with E-state index in [1.165, 1.54) is 12.8 Å². The molecule has 0 heterocycles. The Morgan fingerprint density at radius 3 is 2.00 bits per heavy atom. The lowest BCUT2D eigenvalue weighted by Crippen LogP contribution is -2.02. The van der Waals surface area contributed by atoms with E-state index in [-0.39, 0.29) is 0 Å². The second kappa shape index (κ2) is 2.08. The Bertz CT molecular complexity index is 68.1. The quantitative estimate of drug-likeness (QED) is 0.514. The highest BCUT2D eigenvalue weighted by atomic mass is 14.3. The van der Waals surface area contributed by atoms with Gasteiger partial charge in [0.1, 0.15) is 0 Å². The van der Waals surface area contributed by atoms with Crippen LogP contribution in [-0.2, 0) is 0 Å². The fraction of sp³-hybridized carbons (Fsp3) is 0.875. The summed E-state index contributed by atoms with van der Waals surface area (Å²) in [6.07, 6.45) is 2.92. The van der Waals surface area contributed by atoms with Crippen LogP contribution < -0.4 is 0 Å².